The third kappa shape index (κ3) is 2.11. The summed E-state index contributed by atoms with van der Waals surface area (Å²) in [5.74, 6) is 0.320. The van der Waals surface area contributed by atoms with Gasteiger partial charge in [0.25, 0.3) is 0 Å². The van der Waals surface area contributed by atoms with Crippen LogP contribution in [0.1, 0.15) is 6.23 Å². The van der Waals surface area contributed by atoms with Gasteiger partial charge < -0.3 is 0 Å². The maximum absolute atomic E-state index is 9.55. The molecule has 4 heterocycles. The number of aliphatic hydroxyl groups excluding tert-OH is 1. The number of nitrogens with two attached hydrogens (primary N) is 1. The van der Waals surface area contributed by atoms with Gasteiger partial charge in [-0.3, -0.25) is 0 Å². The van der Waals surface area contributed by atoms with Crippen LogP contribution in [0.4, 0.5) is 5.82 Å². The van der Waals surface area contributed by atoms with Gasteiger partial charge in [0.2, 0.25) is 0 Å². The van der Waals surface area contributed by atoms with Gasteiger partial charge in [0, 0.05) is 0 Å². The van der Waals surface area contributed by atoms with Gasteiger partial charge in [-0.2, -0.15) is 0 Å². The van der Waals surface area contributed by atoms with E-state index in [1.807, 2.05) is 9.88 Å². The third-order valence-corrected chi connectivity index (χ3v) is 8.76. The van der Waals surface area contributed by atoms with Gasteiger partial charge >= 0.3 is 131 Å². The van der Waals surface area contributed by atoms with Gasteiger partial charge in [0.1, 0.15) is 0 Å². The first kappa shape index (κ1) is 14.6. The van der Waals surface area contributed by atoms with E-state index in [2.05, 4.69) is 15.0 Å². The normalized spacial score (nSPS) is 33.4. The Morgan fingerprint density at radius 3 is 2.82 bits per heavy atom. The molecule has 0 radical (unpaired) electrons. The van der Waals surface area contributed by atoms with Crippen molar-refractivity contribution >= 4 is 36.2 Å². The molecule has 4 rings (SSSR count). The number of aliphatic hydroxyl groups is 1. The van der Waals surface area contributed by atoms with Gasteiger partial charge in [-0.05, 0) is 0 Å². The van der Waals surface area contributed by atoms with Crippen molar-refractivity contribution in [3.63, 3.8) is 0 Å². The van der Waals surface area contributed by atoms with E-state index in [1.54, 1.807) is 10.9 Å². The molecule has 0 bridgehead atoms. The van der Waals surface area contributed by atoms with E-state index in [-0.39, 0.29) is 18.8 Å². The van der Waals surface area contributed by atoms with Crippen molar-refractivity contribution < 1.29 is 16.0 Å². The van der Waals surface area contributed by atoms with Crippen LogP contribution < -0.4 is 5.73 Å². The average Bonchev–Trinajstić information content (AvgIpc) is 3.10. The first-order valence-corrected chi connectivity index (χ1v) is 15.1. The third-order valence-electron chi connectivity index (χ3n) is 3.97. The molecular formula is C12H17N5O4Sn. The molecular weight excluding hydrogens is 397 g/mol. The summed E-state index contributed by atoms with van der Waals surface area (Å²) in [5.41, 5.74) is 6.92. The van der Waals surface area contributed by atoms with E-state index in [0.717, 1.165) is 0 Å². The van der Waals surface area contributed by atoms with E-state index in [0.29, 0.717) is 17.0 Å². The summed E-state index contributed by atoms with van der Waals surface area (Å²) in [7, 11) is 0. The Hall–Kier alpha value is -1.01. The SMILES string of the molecule is [CH3][Sn]1([CH3])[O][C@H]2[C@H]([O]1)[C@H](n1cnc3c(N)ncnc31)O[C@H]2CO. The molecule has 0 unspecified atom stereocenters. The van der Waals surface area contributed by atoms with E-state index < -0.39 is 31.5 Å². The number of hydrogen-bond donors (Lipinski definition) is 2. The predicted octanol–water partition coefficient (Wildman–Crippen LogP) is -0.216. The second-order valence-corrected chi connectivity index (χ2v) is 15.2. The summed E-state index contributed by atoms with van der Waals surface area (Å²) in [5, 5.41) is 9.55. The Bertz CT molecular complexity index is 723. The fourth-order valence-corrected chi connectivity index (χ4v) is 8.52. The molecule has 0 aliphatic carbocycles. The van der Waals surface area contributed by atoms with E-state index in [4.69, 9.17) is 16.6 Å². The first-order valence-electron chi connectivity index (χ1n) is 7.05. The Balaban J connectivity index is 1.77. The monoisotopic (exact) mass is 415 g/mol. The van der Waals surface area contributed by atoms with Crippen molar-refractivity contribution in [3.05, 3.63) is 12.7 Å². The first-order chi connectivity index (χ1) is 10.5. The second-order valence-electron chi connectivity index (χ2n) is 5.90. The quantitative estimate of drug-likeness (QED) is 0.649. The Kier molecular flexibility index (Phi) is 3.31. The van der Waals surface area contributed by atoms with Gasteiger partial charge in [0.15, 0.2) is 0 Å². The summed E-state index contributed by atoms with van der Waals surface area (Å²) < 4.78 is 19.9. The average molecular weight is 414 g/mol. The molecule has 0 saturated carbocycles. The van der Waals surface area contributed by atoms with Gasteiger partial charge in [-0.1, -0.05) is 0 Å². The number of rotatable bonds is 2. The molecule has 0 aromatic carbocycles. The fraction of sp³-hybridized carbons (Fsp3) is 0.583. The molecule has 22 heavy (non-hydrogen) atoms. The number of fused-ring (bicyclic) bond motifs is 2. The molecule has 10 heteroatoms. The Morgan fingerprint density at radius 1 is 1.27 bits per heavy atom. The minimum atomic E-state index is -2.97. The van der Waals surface area contributed by atoms with Crippen LogP contribution in [0, 0.1) is 0 Å². The van der Waals surface area contributed by atoms with E-state index in [9.17, 15) is 5.11 Å². The molecule has 4 atom stereocenters. The summed E-state index contributed by atoms with van der Waals surface area (Å²) in [6.07, 6.45) is 1.63. The van der Waals surface area contributed by atoms with Crippen LogP contribution in [-0.4, -0.2) is 68.7 Å². The molecule has 0 amide bonds. The van der Waals surface area contributed by atoms with Crippen LogP contribution in [-0.2, 0) is 10.9 Å². The maximum atomic E-state index is 9.55. The molecule has 2 aromatic rings. The number of nitrogens with zero attached hydrogens (tertiary/aromatic N) is 4. The van der Waals surface area contributed by atoms with E-state index >= 15 is 0 Å². The number of imidazole rings is 1. The van der Waals surface area contributed by atoms with Crippen LogP contribution in [0.15, 0.2) is 12.7 Å². The van der Waals surface area contributed by atoms with E-state index in [1.165, 1.54) is 6.33 Å². The van der Waals surface area contributed by atoms with Gasteiger partial charge in [-0.25, -0.2) is 0 Å². The van der Waals surface area contributed by atoms with Crippen LogP contribution in [0.3, 0.4) is 0 Å². The van der Waals surface area contributed by atoms with Crippen LogP contribution in [0.5, 0.6) is 0 Å². The van der Waals surface area contributed by atoms with Crippen molar-refractivity contribution in [1.29, 1.82) is 0 Å². The second kappa shape index (κ2) is 4.99. The van der Waals surface area contributed by atoms with Crippen molar-refractivity contribution in [2.75, 3.05) is 12.3 Å². The van der Waals surface area contributed by atoms with Crippen LogP contribution in [0.2, 0.25) is 9.88 Å². The number of ether oxygens (including phenoxy) is 1. The fourth-order valence-electron chi connectivity index (χ4n) is 3.09. The molecule has 2 saturated heterocycles. The number of hydrogen-bond acceptors (Lipinski definition) is 8. The zero-order chi connectivity index (χ0) is 15.5. The summed E-state index contributed by atoms with van der Waals surface area (Å²) in [6.45, 7) is -0.118. The van der Waals surface area contributed by atoms with Crippen LogP contribution in [0.25, 0.3) is 11.2 Å². The van der Waals surface area contributed by atoms with Crippen molar-refractivity contribution in [3.8, 4) is 0 Å². The van der Waals surface area contributed by atoms with Gasteiger partial charge in [-0.15, -0.1) is 0 Å². The van der Waals surface area contributed by atoms with Crippen molar-refractivity contribution in [2.45, 2.75) is 34.4 Å². The predicted molar refractivity (Wildman–Crippen MR) is 78.0 cm³/mol. The summed E-state index contributed by atoms with van der Waals surface area (Å²) in [6, 6.07) is 0. The molecule has 2 aliphatic rings. The topological polar surface area (TPSA) is 118 Å². The molecule has 3 N–H and O–H groups in total. The molecule has 2 aliphatic heterocycles. The molecule has 2 fully saturated rings. The molecule has 118 valence electrons. The zero-order valence-electron chi connectivity index (χ0n) is 12.2. The van der Waals surface area contributed by atoms with Gasteiger partial charge in [0.05, 0.1) is 0 Å². The number of aromatic nitrogens is 4. The Labute approximate surface area is 131 Å². The summed E-state index contributed by atoms with van der Waals surface area (Å²) >= 11 is -2.97. The summed E-state index contributed by atoms with van der Waals surface area (Å²) in [4.78, 5) is 16.5. The van der Waals surface area contributed by atoms with Crippen molar-refractivity contribution in [2.24, 2.45) is 0 Å². The Morgan fingerprint density at radius 2 is 2.05 bits per heavy atom. The standard InChI is InChI=1S/C10H11N5O4.2CH3.Sn/c11-8-5-9(13-2-12-8)15(3-14-5)10-7(18)6(17)4(1-16)19-10;;;/h2-4,6-7,10,16H,1H2,(H2,11,12,13);2*1H3;/q-2;;;+2/t4-,6+,7-,10+;;;/m0.../s1. The molecule has 2 aromatic heterocycles. The number of nitrogen functional groups attached to an aromatic ring is 1. The zero-order valence-corrected chi connectivity index (χ0v) is 15.1. The van der Waals surface area contributed by atoms with Crippen LogP contribution >= 0.6 is 0 Å². The van der Waals surface area contributed by atoms with Crippen molar-refractivity contribution in [1.82, 2.24) is 19.5 Å². The molecule has 0 spiro atoms. The molecule has 9 nitrogen and oxygen atoms in total. The minimum absolute atomic E-state index is 0.118. The number of anilines is 1.